The van der Waals surface area contributed by atoms with E-state index in [1.165, 1.54) is 17.8 Å². The van der Waals surface area contributed by atoms with E-state index in [-0.39, 0.29) is 23.7 Å². The SMILES string of the molecule is CC1NCCCC1NC(=O)CSc1ccc(F)c(F)c1. The minimum atomic E-state index is -0.888. The molecule has 20 heavy (non-hydrogen) atoms. The summed E-state index contributed by atoms with van der Waals surface area (Å²) in [7, 11) is 0. The zero-order chi connectivity index (χ0) is 14.5. The molecule has 2 N–H and O–H groups in total. The van der Waals surface area contributed by atoms with Crippen LogP contribution in [0.2, 0.25) is 0 Å². The Morgan fingerprint density at radius 3 is 2.95 bits per heavy atom. The van der Waals surface area contributed by atoms with Crippen LogP contribution in [0.1, 0.15) is 19.8 Å². The summed E-state index contributed by atoms with van der Waals surface area (Å²) >= 11 is 1.20. The number of thioether (sulfide) groups is 1. The van der Waals surface area contributed by atoms with E-state index in [0.717, 1.165) is 31.5 Å². The van der Waals surface area contributed by atoms with E-state index in [2.05, 4.69) is 10.6 Å². The molecule has 6 heteroatoms. The summed E-state index contributed by atoms with van der Waals surface area (Å²) in [6.07, 6.45) is 2.02. The van der Waals surface area contributed by atoms with Gasteiger partial charge in [0.2, 0.25) is 5.91 Å². The molecule has 0 saturated carbocycles. The third-order valence-electron chi connectivity index (χ3n) is 3.37. The number of nitrogens with one attached hydrogen (secondary N) is 2. The highest BCUT2D eigenvalue weighted by molar-refractivity contribution is 8.00. The largest absolute Gasteiger partial charge is 0.351 e. The number of benzene rings is 1. The minimum Gasteiger partial charge on any atom is -0.351 e. The molecule has 110 valence electrons. The van der Waals surface area contributed by atoms with E-state index < -0.39 is 11.6 Å². The maximum absolute atomic E-state index is 13.0. The van der Waals surface area contributed by atoms with Gasteiger partial charge in [-0.3, -0.25) is 4.79 Å². The van der Waals surface area contributed by atoms with Crippen molar-refractivity contribution in [1.29, 1.82) is 0 Å². The molecule has 2 unspecified atom stereocenters. The van der Waals surface area contributed by atoms with Crippen LogP contribution in [0.25, 0.3) is 0 Å². The first kappa shape index (κ1) is 15.3. The topological polar surface area (TPSA) is 41.1 Å². The van der Waals surface area contributed by atoms with Crippen LogP contribution in [0.5, 0.6) is 0 Å². The molecular weight excluding hydrogens is 282 g/mol. The maximum Gasteiger partial charge on any atom is 0.230 e. The Bertz CT molecular complexity index is 484. The number of carbonyl (C=O) groups excluding carboxylic acids is 1. The lowest BCUT2D eigenvalue weighted by Crippen LogP contribution is -2.52. The second-order valence-electron chi connectivity index (χ2n) is 4.92. The third-order valence-corrected chi connectivity index (χ3v) is 4.36. The molecule has 1 aliphatic heterocycles. The van der Waals surface area contributed by atoms with Crippen LogP contribution < -0.4 is 10.6 Å². The fourth-order valence-electron chi connectivity index (χ4n) is 2.21. The summed E-state index contributed by atoms with van der Waals surface area (Å²) in [5.41, 5.74) is 0. The quantitative estimate of drug-likeness (QED) is 0.839. The molecule has 0 bridgehead atoms. The summed E-state index contributed by atoms with van der Waals surface area (Å²) < 4.78 is 25.8. The number of carbonyl (C=O) groups is 1. The highest BCUT2D eigenvalue weighted by atomic mass is 32.2. The molecule has 2 atom stereocenters. The number of amides is 1. The second-order valence-corrected chi connectivity index (χ2v) is 5.97. The van der Waals surface area contributed by atoms with Gasteiger partial charge in [0.1, 0.15) is 0 Å². The Morgan fingerprint density at radius 1 is 1.45 bits per heavy atom. The summed E-state index contributed by atoms with van der Waals surface area (Å²) in [6, 6.07) is 4.06. The van der Waals surface area contributed by atoms with Crippen molar-refractivity contribution >= 4 is 17.7 Å². The summed E-state index contributed by atoms with van der Waals surface area (Å²) in [5, 5.41) is 6.29. The average molecular weight is 300 g/mol. The van der Waals surface area contributed by atoms with Crippen LogP contribution in [0.15, 0.2) is 23.1 Å². The molecule has 0 aromatic heterocycles. The van der Waals surface area contributed by atoms with Crippen molar-refractivity contribution in [3.8, 4) is 0 Å². The molecule has 1 aromatic carbocycles. The Balaban J connectivity index is 1.81. The lowest BCUT2D eigenvalue weighted by Gasteiger charge is -2.30. The van der Waals surface area contributed by atoms with Crippen LogP contribution in [0, 0.1) is 11.6 Å². The van der Waals surface area contributed by atoms with E-state index in [4.69, 9.17) is 0 Å². The molecule has 1 amide bonds. The van der Waals surface area contributed by atoms with Gasteiger partial charge in [-0.05, 0) is 44.5 Å². The van der Waals surface area contributed by atoms with Crippen LogP contribution in [0.4, 0.5) is 8.78 Å². The molecule has 1 heterocycles. The fourth-order valence-corrected chi connectivity index (χ4v) is 2.94. The van der Waals surface area contributed by atoms with Crippen LogP contribution in [-0.2, 0) is 4.79 Å². The molecule has 0 spiro atoms. The van der Waals surface area contributed by atoms with Crippen LogP contribution >= 0.6 is 11.8 Å². The average Bonchev–Trinajstić information content (AvgIpc) is 2.43. The van der Waals surface area contributed by atoms with Gasteiger partial charge in [-0.2, -0.15) is 0 Å². The molecule has 0 aliphatic carbocycles. The predicted molar refractivity (Wildman–Crippen MR) is 75.7 cm³/mol. The number of piperidine rings is 1. The van der Waals surface area contributed by atoms with Crippen molar-refractivity contribution in [2.45, 2.75) is 36.7 Å². The molecular formula is C14H18F2N2OS. The standard InChI is InChI=1S/C14H18F2N2OS/c1-9-13(3-2-6-17-9)18-14(19)8-20-10-4-5-11(15)12(16)7-10/h4-5,7,9,13,17H,2-3,6,8H2,1H3,(H,18,19). The number of hydrogen-bond donors (Lipinski definition) is 2. The highest BCUT2D eigenvalue weighted by Crippen LogP contribution is 2.20. The second kappa shape index (κ2) is 7.04. The summed E-state index contributed by atoms with van der Waals surface area (Å²) in [5.74, 6) is -1.64. The van der Waals surface area contributed by atoms with Crippen LogP contribution in [-0.4, -0.2) is 30.3 Å². The summed E-state index contributed by atoms with van der Waals surface area (Å²) in [6.45, 7) is 3.03. The maximum atomic E-state index is 13.0. The summed E-state index contributed by atoms with van der Waals surface area (Å²) in [4.78, 5) is 12.4. The van der Waals surface area contributed by atoms with Gasteiger partial charge in [-0.25, -0.2) is 8.78 Å². The van der Waals surface area contributed by atoms with Crippen molar-refractivity contribution in [1.82, 2.24) is 10.6 Å². The lowest BCUT2D eigenvalue weighted by molar-refractivity contribution is -0.119. The van der Waals surface area contributed by atoms with Gasteiger partial charge in [0.15, 0.2) is 11.6 Å². The molecule has 3 nitrogen and oxygen atoms in total. The minimum absolute atomic E-state index is 0.0831. The Labute approximate surface area is 121 Å². The van der Waals surface area contributed by atoms with E-state index in [9.17, 15) is 13.6 Å². The molecule has 1 aliphatic rings. The number of hydrogen-bond acceptors (Lipinski definition) is 3. The zero-order valence-corrected chi connectivity index (χ0v) is 12.1. The van der Waals surface area contributed by atoms with E-state index in [1.807, 2.05) is 6.92 Å². The van der Waals surface area contributed by atoms with Crippen molar-refractivity contribution in [2.75, 3.05) is 12.3 Å². The van der Waals surface area contributed by atoms with Gasteiger partial charge in [0.25, 0.3) is 0 Å². The van der Waals surface area contributed by atoms with Crippen molar-refractivity contribution in [2.24, 2.45) is 0 Å². The Morgan fingerprint density at radius 2 is 2.25 bits per heavy atom. The Kier molecular flexibility index (Phi) is 5.37. The first-order valence-electron chi connectivity index (χ1n) is 6.67. The van der Waals surface area contributed by atoms with Crippen molar-refractivity contribution < 1.29 is 13.6 Å². The van der Waals surface area contributed by atoms with Gasteiger partial charge in [-0.1, -0.05) is 0 Å². The molecule has 1 saturated heterocycles. The number of halogens is 2. The lowest BCUT2D eigenvalue weighted by atomic mass is 10.00. The molecule has 1 aromatic rings. The monoisotopic (exact) mass is 300 g/mol. The van der Waals surface area contributed by atoms with Crippen LogP contribution in [0.3, 0.4) is 0 Å². The Hall–Kier alpha value is -1.14. The van der Waals surface area contributed by atoms with E-state index in [1.54, 1.807) is 0 Å². The smallest absolute Gasteiger partial charge is 0.230 e. The van der Waals surface area contributed by atoms with Gasteiger partial charge >= 0.3 is 0 Å². The molecule has 2 rings (SSSR count). The van der Waals surface area contributed by atoms with Gasteiger partial charge in [-0.15, -0.1) is 11.8 Å². The number of rotatable bonds is 4. The van der Waals surface area contributed by atoms with Gasteiger partial charge in [0, 0.05) is 17.0 Å². The first-order valence-corrected chi connectivity index (χ1v) is 7.65. The van der Waals surface area contributed by atoms with Crippen molar-refractivity contribution in [3.05, 3.63) is 29.8 Å². The predicted octanol–water partition coefficient (Wildman–Crippen LogP) is 2.31. The molecule has 1 fully saturated rings. The molecule has 0 radical (unpaired) electrons. The normalized spacial score (nSPS) is 22.6. The first-order chi connectivity index (χ1) is 9.56. The van der Waals surface area contributed by atoms with Gasteiger partial charge < -0.3 is 10.6 Å². The third kappa shape index (κ3) is 4.18. The zero-order valence-electron chi connectivity index (χ0n) is 11.3. The van der Waals surface area contributed by atoms with Crippen molar-refractivity contribution in [3.63, 3.8) is 0 Å². The van der Waals surface area contributed by atoms with Gasteiger partial charge in [0.05, 0.1) is 5.75 Å². The van der Waals surface area contributed by atoms with E-state index in [0.29, 0.717) is 4.90 Å². The highest BCUT2D eigenvalue weighted by Gasteiger charge is 2.22. The van der Waals surface area contributed by atoms with E-state index >= 15 is 0 Å². The fraction of sp³-hybridized carbons (Fsp3) is 0.500.